The second-order valence-corrected chi connectivity index (χ2v) is 7.11. The quantitative estimate of drug-likeness (QED) is 0.225. The van der Waals surface area contributed by atoms with Gasteiger partial charge in [-0.05, 0) is 25.5 Å². The van der Waals surface area contributed by atoms with Crippen LogP contribution in [-0.4, -0.2) is 41.1 Å². The number of benzene rings is 1. The number of aryl methyl sites for hydroxylation is 1. The highest BCUT2D eigenvalue weighted by Crippen LogP contribution is 2.09. The molecule has 0 saturated carbocycles. The lowest BCUT2D eigenvalue weighted by molar-refractivity contribution is 0.580. The molecule has 0 fully saturated rings. The molecule has 0 atom stereocenters. The van der Waals surface area contributed by atoms with Crippen LogP contribution in [0.2, 0.25) is 0 Å². The van der Waals surface area contributed by atoms with Crippen molar-refractivity contribution in [3.63, 3.8) is 0 Å². The number of unbranched alkanes of at least 4 members (excludes halogenated alkanes) is 2. The SMILES string of the molecule is CCCCCNC(=NC)NCCNS(=O)(=O)c1ccc(C)cc1.I. The van der Waals surface area contributed by atoms with Crippen molar-refractivity contribution in [2.24, 2.45) is 4.99 Å². The smallest absolute Gasteiger partial charge is 0.240 e. The van der Waals surface area contributed by atoms with Crippen molar-refractivity contribution in [2.75, 3.05) is 26.7 Å². The topological polar surface area (TPSA) is 82.6 Å². The summed E-state index contributed by atoms with van der Waals surface area (Å²) < 4.78 is 26.8. The summed E-state index contributed by atoms with van der Waals surface area (Å²) in [6.45, 7) is 5.72. The lowest BCUT2D eigenvalue weighted by atomic mass is 10.2. The molecule has 24 heavy (non-hydrogen) atoms. The highest BCUT2D eigenvalue weighted by Gasteiger charge is 2.12. The van der Waals surface area contributed by atoms with E-state index < -0.39 is 10.0 Å². The number of aliphatic imine (C=N–C) groups is 1. The molecule has 1 rings (SSSR count). The number of rotatable bonds is 9. The number of hydrogen-bond donors (Lipinski definition) is 3. The van der Waals surface area contributed by atoms with Gasteiger partial charge in [-0.3, -0.25) is 4.99 Å². The second-order valence-electron chi connectivity index (χ2n) is 5.34. The molecule has 3 N–H and O–H groups in total. The highest BCUT2D eigenvalue weighted by atomic mass is 127. The Morgan fingerprint density at radius 3 is 2.25 bits per heavy atom. The molecule has 0 heterocycles. The number of guanidine groups is 1. The fraction of sp³-hybridized carbons (Fsp3) is 0.562. The van der Waals surface area contributed by atoms with Gasteiger partial charge in [0.05, 0.1) is 4.90 Å². The molecule has 0 aromatic heterocycles. The summed E-state index contributed by atoms with van der Waals surface area (Å²) in [5.74, 6) is 0.690. The van der Waals surface area contributed by atoms with Crippen LogP contribution in [0.4, 0.5) is 0 Å². The standard InChI is InChI=1S/C16H28N4O2S.HI/c1-4-5-6-11-18-16(17-3)19-12-13-20-23(21,22)15-9-7-14(2)8-10-15;/h7-10,20H,4-6,11-13H2,1-3H3,(H2,17,18,19);1H. The molecular formula is C16H29IN4O2S. The minimum atomic E-state index is -3.46. The van der Waals surface area contributed by atoms with Crippen LogP contribution >= 0.6 is 24.0 Å². The Morgan fingerprint density at radius 2 is 1.67 bits per heavy atom. The first-order chi connectivity index (χ1) is 11.0. The largest absolute Gasteiger partial charge is 0.356 e. The molecule has 0 saturated heterocycles. The molecule has 6 nitrogen and oxygen atoms in total. The third kappa shape index (κ3) is 8.84. The molecule has 1 aromatic rings. The molecule has 0 aliphatic rings. The summed E-state index contributed by atoms with van der Waals surface area (Å²) in [7, 11) is -1.76. The summed E-state index contributed by atoms with van der Waals surface area (Å²) in [6.07, 6.45) is 3.45. The van der Waals surface area contributed by atoms with E-state index in [1.54, 1.807) is 31.3 Å². The van der Waals surface area contributed by atoms with E-state index in [9.17, 15) is 8.42 Å². The lowest BCUT2D eigenvalue weighted by Crippen LogP contribution is -2.41. The van der Waals surface area contributed by atoms with Gasteiger partial charge in [0.25, 0.3) is 0 Å². The number of nitrogens with zero attached hydrogens (tertiary/aromatic N) is 1. The van der Waals surface area contributed by atoms with Gasteiger partial charge in [-0.1, -0.05) is 37.5 Å². The Balaban J connectivity index is 0.00000529. The number of sulfonamides is 1. The van der Waals surface area contributed by atoms with E-state index in [2.05, 4.69) is 27.3 Å². The second kappa shape index (κ2) is 12.5. The Bertz CT molecular complexity index is 589. The van der Waals surface area contributed by atoms with Crippen LogP contribution in [0, 0.1) is 6.92 Å². The summed E-state index contributed by atoms with van der Waals surface area (Å²) >= 11 is 0. The van der Waals surface area contributed by atoms with Crippen molar-refractivity contribution in [3.8, 4) is 0 Å². The fourth-order valence-corrected chi connectivity index (χ4v) is 3.00. The van der Waals surface area contributed by atoms with Crippen molar-refractivity contribution >= 4 is 40.0 Å². The monoisotopic (exact) mass is 468 g/mol. The fourth-order valence-electron chi connectivity index (χ4n) is 1.97. The van der Waals surface area contributed by atoms with Crippen LogP contribution in [0.25, 0.3) is 0 Å². The predicted molar refractivity (Wildman–Crippen MR) is 111 cm³/mol. The van der Waals surface area contributed by atoms with Crippen molar-refractivity contribution in [3.05, 3.63) is 29.8 Å². The summed E-state index contributed by atoms with van der Waals surface area (Å²) in [6, 6.07) is 6.79. The maximum atomic E-state index is 12.1. The van der Waals surface area contributed by atoms with E-state index in [1.165, 1.54) is 12.8 Å². The predicted octanol–water partition coefficient (Wildman–Crippen LogP) is 2.25. The first kappa shape index (κ1) is 23.1. The van der Waals surface area contributed by atoms with Gasteiger partial charge < -0.3 is 10.6 Å². The maximum Gasteiger partial charge on any atom is 0.240 e. The van der Waals surface area contributed by atoms with Gasteiger partial charge in [0, 0.05) is 26.7 Å². The molecule has 1 aromatic carbocycles. The lowest BCUT2D eigenvalue weighted by Gasteiger charge is -2.12. The zero-order chi connectivity index (χ0) is 17.1. The molecule has 0 spiro atoms. The zero-order valence-corrected chi connectivity index (χ0v) is 17.8. The number of nitrogens with one attached hydrogen (secondary N) is 3. The van der Waals surface area contributed by atoms with Gasteiger partial charge in [0.15, 0.2) is 5.96 Å². The minimum absolute atomic E-state index is 0. The Labute approximate surface area is 163 Å². The Hall–Kier alpha value is -0.870. The van der Waals surface area contributed by atoms with E-state index in [0.29, 0.717) is 19.0 Å². The van der Waals surface area contributed by atoms with Crippen LogP contribution in [-0.2, 0) is 10.0 Å². The third-order valence-electron chi connectivity index (χ3n) is 3.34. The molecule has 8 heteroatoms. The average molecular weight is 468 g/mol. The van der Waals surface area contributed by atoms with Crippen LogP contribution < -0.4 is 15.4 Å². The molecule has 0 amide bonds. The maximum absolute atomic E-state index is 12.1. The van der Waals surface area contributed by atoms with Gasteiger partial charge in [-0.2, -0.15) is 0 Å². The van der Waals surface area contributed by atoms with Gasteiger partial charge in [-0.25, -0.2) is 13.1 Å². The third-order valence-corrected chi connectivity index (χ3v) is 4.81. The van der Waals surface area contributed by atoms with Gasteiger partial charge in [0.1, 0.15) is 0 Å². The molecule has 0 aliphatic heterocycles. The van der Waals surface area contributed by atoms with Gasteiger partial charge in [0.2, 0.25) is 10.0 Å². The van der Waals surface area contributed by atoms with Crippen LogP contribution in [0.5, 0.6) is 0 Å². The number of hydrogen-bond acceptors (Lipinski definition) is 3. The Kier molecular flexibility index (Phi) is 12.0. The van der Waals surface area contributed by atoms with Gasteiger partial charge >= 0.3 is 0 Å². The van der Waals surface area contributed by atoms with Crippen molar-refractivity contribution in [2.45, 2.75) is 38.0 Å². The van der Waals surface area contributed by atoms with E-state index in [1.807, 2.05) is 6.92 Å². The molecule has 0 unspecified atom stereocenters. The van der Waals surface area contributed by atoms with Crippen LogP contribution in [0.3, 0.4) is 0 Å². The number of halogens is 1. The Morgan fingerprint density at radius 1 is 1.04 bits per heavy atom. The van der Waals surface area contributed by atoms with Crippen molar-refractivity contribution < 1.29 is 8.42 Å². The van der Waals surface area contributed by atoms with E-state index in [0.717, 1.165) is 18.5 Å². The minimum Gasteiger partial charge on any atom is -0.356 e. The average Bonchev–Trinajstić information content (AvgIpc) is 2.53. The van der Waals surface area contributed by atoms with Crippen LogP contribution in [0.1, 0.15) is 31.7 Å². The van der Waals surface area contributed by atoms with E-state index >= 15 is 0 Å². The highest BCUT2D eigenvalue weighted by molar-refractivity contribution is 14.0. The molecule has 0 aliphatic carbocycles. The summed E-state index contributed by atoms with van der Waals surface area (Å²) in [4.78, 5) is 4.39. The van der Waals surface area contributed by atoms with Gasteiger partial charge in [-0.15, -0.1) is 24.0 Å². The first-order valence-electron chi connectivity index (χ1n) is 8.00. The van der Waals surface area contributed by atoms with Crippen molar-refractivity contribution in [1.29, 1.82) is 0 Å². The van der Waals surface area contributed by atoms with E-state index in [-0.39, 0.29) is 28.9 Å². The molecule has 0 bridgehead atoms. The zero-order valence-electron chi connectivity index (χ0n) is 14.6. The van der Waals surface area contributed by atoms with Crippen molar-refractivity contribution in [1.82, 2.24) is 15.4 Å². The van der Waals surface area contributed by atoms with Crippen LogP contribution in [0.15, 0.2) is 34.2 Å². The molecule has 138 valence electrons. The van der Waals surface area contributed by atoms with E-state index in [4.69, 9.17) is 0 Å². The molecular weight excluding hydrogens is 439 g/mol. The summed E-state index contributed by atoms with van der Waals surface area (Å²) in [5.41, 5.74) is 1.03. The first-order valence-corrected chi connectivity index (χ1v) is 9.48. The summed E-state index contributed by atoms with van der Waals surface area (Å²) in [5, 5.41) is 6.29. The normalized spacial score (nSPS) is 11.7. The molecule has 0 radical (unpaired) electrons.